The van der Waals surface area contributed by atoms with Crippen molar-refractivity contribution < 1.29 is 9.59 Å². The summed E-state index contributed by atoms with van der Waals surface area (Å²) in [5.41, 5.74) is 0.456. The van der Waals surface area contributed by atoms with Crippen molar-refractivity contribution in [2.24, 2.45) is 11.3 Å². The Morgan fingerprint density at radius 1 is 1.32 bits per heavy atom. The summed E-state index contributed by atoms with van der Waals surface area (Å²) in [5.74, 6) is 0.341. The van der Waals surface area contributed by atoms with E-state index in [0.29, 0.717) is 24.8 Å². The van der Waals surface area contributed by atoms with E-state index in [1.165, 1.54) is 12.8 Å². The number of likely N-dealkylation sites (tertiary alicyclic amines) is 1. The van der Waals surface area contributed by atoms with Crippen LogP contribution in [0.15, 0.2) is 0 Å². The first-order valence-electron chi connectivity index (χ1n) is 7.66. The van der Waals surface area contributed by atoms with Gasteiger partial charge in [0.25, 0.3) is 0 Å². The van der Waals surface area contributed by atoms with Crippen molar-refractivity contribution in [1.29, 1.82) is 0 Å². The predicted octanol–water partition coefficient (Wildman–Crippen LogP) is 1.94. The summed E-state index contributed by atoms with van der Waals surface area (Å²) in [5, 5.41) is 2.80. The van der Waals surface area contributed by atoms with E-state index in [2.05, 4.69) is 19.2 Å². The Bertz CT molecular complexity index is 330. The number of carbonyl (C=O) groups is 2. The van der Waals surface area contributed by atoms with Crippen molar-refractivity contribution in [2.75, 3.05) is 19.6 Å². The lowest BCUT2D eigenvalue weighted by atomic mass is 9.74. The molecule has 1 atom stereocenters. The molecule has 2 saturated heterocycles. The molecule has 0 saturated carbocycles. The van der Waals surface area contributed by atoms with E-state index in [1.807, 2.05) is 4.90 Å². The minimum Gasteiger partial charge on any atom is -0.355 e. The average molecular weight is 266 g/mol. The minimum atomic E-state index is 0.00783. The summed E-state index contributed by atoms with van der Waals surface area (Å²) in [6.45, 7) is 6.84. The van der Waals surface area contributed by atoms with Gasteiger partial charge in [0.05, 0.1) is 5.92 Å². The molecule has 2 aliphatic rings. The Labute approximate surface area is 115 Å². The fraction of sp³-hybridized carbons (Fsp3) is 0.867. The normalized spacial score (nSPS) is 26.9. The van der Waals surface area contributed by atoms with Crippen molar-refractivity contribution in [3.05, 3.63) is 0 Å². The van der Waals surface area contributed by atoms with Gasteiger partial charge >= 0.3 is 0 Å². The molecule has 0 bridgehead atoms. The highest BCUT2D eigenvalue weighted by molar-refractivity contribution is 5.83. The van der Waals surface area contributed by atoms with Crippen LogP contribution >= 0.6 is 0 Å². The van der Waals surface area contributed by atoms with Gasteiger partial charge in [-0.2, -0.15) is 0 Å². The van der Waals surface area contributed by atoms with Crippen LogP contribution < -0.4 is 5.32 Å². The second kappa shape index (κ2) is 5.93. The van der Waals surface area contributed by atoms with E-state index in [4.69, 9.17) is 0 Å². The number of nitrogens with one attached hydrogen (secondary N) is 1. The third kappa shape index (κ3) is 3.10. The van der Waals surface area contributed by atoms with Crippen molar-refractivity contribution >= 4 is 11.8 Å². The molecule has 2 fully saturated rings. The van der Waals surface area contributed by atoms with Gasteiger partial charge in [0.2, 0.25) is 11.8 Å². The topological polar surface area (TPSA) is 49.4 Å². The molecule has 0 aliphatic carbocycles. The summed E-state index contributed by atoms with van der Waals surface area (Å²) < 4.78 is 0. The van der Waals surface area contributed by atoms with Crippen LogP contribution in [-0.4, -0.2) is 36.3 Å². The molecule has 4 nitrogen and oxygen atoms in total. The molecule has 2 heterocycles. The first-order valence-corrected chi connectivity index (χ1v) is 7.66. The monoisotopic (exact) mass is 266 g/mol. The summed E-state index contributed by atoms with van der Waals surface area (Å²) in [6.07, 6.45) is 5.90. The minimum absolute atomic E-state index is 0.00783. The van der Waals surface area contributed by atoms with Crippen LogP contribution in [-0.2, 0) is 9.59 Å². The van der Waals surface area contributed by atoms with E-state index in [0.717, 1.165) is 25.9 Å². The molecule has 108 valence electrons. The quantitative estimate of drug-likeness (QED) is 0.848. The highest BCUT2D eigenvalue weighted by Crippen LogP contribution is 2.38. The van der Waals surface area contributed by atoms with E-state index < -0.39 is 0 Å². The Morgan fingerprint density at radius 3 is 2.42 bits per heavy atom. The molecule has 0 aromatic rings. The highest BCUT2D eigenvalue weighted by atomic mass is 16.2. The summed E-state index contributed by atoms with van der Waals surface area (Å²) in [6, 6.07) is 0. The Balaban J connectivity index is 1.87. The molecule has 4 heteroatoms. The molecule has 2 amide bonds. The van der Waals surface area contributed by atoms with Crippen molar-refractivity contribution in [3.63, 3.8) is 0 Å². The van der Waals surface area contributed by atoms with Crippen molar-refractivity contribution in [2.45, 2.75) is 52.4 Å². The largest absolute Gasteiger partial charge is 0.355 e. The van der Waals surface area contributed by atoms with Crippen molar-refractivity contribution in [1.82, 2.24) is 10.2 Å². The summed E-state index contributed by atoms with van der Waals surface area (Å²) in [4.78, 5) is 25.6. The number of carbonyl (C=O) groups excluding carboxylic acids is 2. The maximum atomic E-state index is 12.4. The van der Waals surface area contributed by atoms with Gasteiger partial charge in [0, 0.05) is 26.1 Å². The van der Waals surface area contributed by atoms with E-state index in [1.54, 1.807) is 0 Å². The molecule has 2 rings (SSSR count). The number of nitrogens with zero attached hydrogens (tertiary/aromatic N) is 1. The van der Waals surface area contributed by atoms with Gasteiger partial charge in [-0.3, -0.25) is 9.59 Å². The SMILES string of the molecule is CCC1(CC)CCN(C(=O)C2CCC(=O)NC2)CC1. The number of amides is 2. The van der Waals surface area contributed by atoms with Gasteiger partial charge in [-0.25, -0.2) is 0 Å². The average Bonchev–Trinajstić information content (AvgIpc) is 2.47. The molecule has 1 N–H and O–H groups in total. The lowest BCUT2D eigenvalue weighted by Gasteiger charge is -2.42. The molecule has 0 aromatic carbocycles. The molecule has 0 aromatic heterocycles. The van der Waals surface area contributed by atoms with Crippen LogP contribution in [0.3, 0.4) is 0 Å². The van der Waals surface area contributed by atoms with Gasteiger partial charge in [0.15, 0.2) is 0 Å². The molecule has 2 aliphatic heterocycles. The van der Waals surface area contributed by atoms with Gasteiger partial charge < -0.3 is 10.2 Å². The Kier molecular flexibility index (Phi) is 4.48. The number of piperidine rings is 2. The number of hydrogen-bond acceptors (Lipinski definition) is 2. The van der Waals surface area contributed by atoms with Gasteiger partial charge in [-0.05, 0) is 24.7 Å². The standard InChI is InChI=1S/C15H26N2O2/c1-3-15(4-2)7-9-17(10-8-15)14(19)12-5-6-13(18)16-11-12/h12H,3-11H2,1-2H3,(H,16,18). The van der Waals surface area contributed by atoms with Crippen LogP contribution in [0.25, 0.3) is 0 Å². The number of hydrogen-bond donors (Lipinski definition) is 1. The zero-order chi connectivity index (χ0) is 13.9. The molecule has 0 radical (unpaired) electrons. The lowest BCUT2D eigenvalue weighted by Crippen LogP contribution is -2.49. The fourth-order valence-corrected chi connectivity index (χ4v) is 3.36. The third-order valence-electron chi connectivity index (χ3n) is 5.25. The Hall–Kier alpha value is -1.06. The lowest BCUT2D eigenvalue weighted by molar-refractivity contribution is -0.139. The number of rotatable bonds is 3. The second-order valence-electron chi connectivity index (χ2n) is 6.07. The van der Waals surface area contributed by atoms with Crippen LogP contribution in [0.5, 0.6) is 0 Å². The van der Waals surface area contributed by atoms with Crippen LogP contribution in [0, 0.1) is 11.3 Å². The Morgan fingerprint density at radius 2 is 1.95 bits per heavy atom. The molecule has 19 heavy (non-hydrogen) atoms. The highest BCUT2D eigenvalue weighted by Gasteiger charge is 2.35. The molecule has 1 unspecified atom stereocenters. The third-order valence-corrected chi connectivity index (χ3v) is 5.25. The molecular formula is C15H26N2O2. The first-order chi connectivity index (χ1) is 9.10. The molecule has 0 spiro atoms. The maximum absolute atomic E-state index is 12.4. The van der Waals surface area contributed by atoms with E-state index >= 15 is 0 Å². The molecular weight excluding hydrogens is 240 g/mol. The maximum Gasteiger partial charge on any atom is 0.227 e. The zero-order valence-corrected chi connectivity index (χ0v) is 12.2. The summed E-state index contributed by atoms with van der Waals surface area (Å²) >= 11 is 0. The van der Waals surface area contributed by atoms with Crippen LogP contribution in [0.4, 0.5) is 0 Å². The summed E-state index contributed by atoms with van der Waals surface area (Å²) in [7, 11) is 0. The van der Waals surface area contributed by atoms with Gasteiger partial charge in [-0.15, -0.1) is 0 Å². The van der Waals surface area contributed by atoms with Crippen molar-refractivity contribution in [3.8, 4) is 0 Å². The van der Waals surface area contributed by atoms with Crippen LogP contribution in [0.2, 0.25) is 0 Å². The second-order valence-corrected chi connectivity index (χ2v) is 6.07. The first kappa shape index (κ1) is 14.4. The van der Waals surface area contributed by atoms with Gasteiger partial charge in [-0.1, -0.05) is 26.7 Å². The predicted molar refractivity (Wildman–Crippen MR) is 74.6 cm³/mol. The van der Waals surface area contributed by atoms with E-state index in [-0.39, 0.29) is 17.7 Å². The van der Waals surface area contributed by atoms with E-state index in [9.17, 15) is 9.59 Å². The van der Waals surface area contributed by atoms with Gasteiger partial charge in [0.1, 0.15) is 0 Å². The van der Waals surface area contributed by atoms with Crippen LogP contribution in [0.1, 0.15) is 52.4 Å². The smallest absolute Gasteiger partial charge is 0.227 e. The fourth-order valence-electron chi connectivity index (χ4n) is 3.36. The zero-order valence-electron chi connectivity index (χ0n) is 12.2.